The van der Waals surface area contributed by atoms with Crippen LogP contribution in [0.4, 0.5) is 4.39 Å². The SMILES string of the molecule is Cc1ccoc1C(N)Cc1ccc(F)c(Cl)c1. The molecule has 0 bridgehead atoms. The van der Waals surface area contributed by atoms with Crippen LogP contribution in [0.25, 0.3) is 0 Å². The molecule has 2 aromatic rings. The van der Waals surface area contributed by atoms with Gasteiger partial charge in [0.25, 0.3) is 0 Å². The zero-order valence-electron chi connectivity index (χ0n) is 9.41. The molecule has 1 aromatic heterocycles. The lowest BCUT2D eigenvalue weighted by Gasteiger charge is -2.10. The Balaban J connectivity index is 2.16. The van der Waals surface area contributed by atoms with E-state index in [2.05, 4.69) is 0 Å². The van der Waals surface area contributed by atoms with Crippen molar-refractivity contribution in [3.8, 4) is 0 Å². The van der Waals surface area contributed by atoms with E-state index in [0.29, 0.717) is 6.42 Å². The monoisotopic (exact) mass is 253 g/mol. The van der Waals surface area contributed by atoms with Crippen LogP contribution in [-0.2, 0) is 6.42 Å². The van der Waals surface area contributed by atoms with Crippen molar-refractivity contribution in [1.82, 2.24) is 0 Å². The molecule has 90 valence electrons. The summed E-state index contributed by atoms with van der Waals surface area (Å²) in [6, 6.07) is 6.24. The first-order valence-electron chi connectivity index (χ1n) is 5.31. The number of halogens is 2. The van der Waals surface area contributed by atoms with Crippen LogP contribution in [0.3, 0.4) is 0 Å². The van der Waals surface area contributed by atoms with Crippen LogP contribution >= 0.6 is 11.6 Å². The fraction of sp³-hybridized carbons (Fsp3) is 0.231. The van der Waals surface area contributed by atoms with Crippen LogP contribution in [-0.4, -0.2) is 0 Å². The van der Waals surface area contributed by atoms with E-state index < -0.39 is 5.82 Å². The fourth-order valence-electron chi connectivity index (χ4n) is 1.78. The second kappa shape index (κ2) is 4.90. The summed E-state index contributed by atoms with van der Waals surface area (Å²) < 4.78 is 18.3. The van der Waals surface area contributed by atoms with Crippen molar-refractivity contribution in [3.05, 3.63) is 58.3 Å². The van der Waals surface area contributed by atoms with Crippen molar-refractivity contribution in [2.24, 2.45) is 5.73 Å². The highest BCUT2D eigenvalue weighted by Crippen LogP contribution is 2.23. The molecular weight excluding hydrogens is 241 g/mol. The molecule has 4 heteroatoms. The molecule has 0 aliphatic carbocycles. The van der Waals surface area contributed by atoms with Crippen molar-refractivity contribution >= 4 is 11.6 Å². The number of furan rings is 1. The molecule has 0 radical (unpaired) electrons. The Hall–Kier alpha value is -1.32. The number of hydrogen-bond acceptors (Lipinski definition) is 2. The summed E-state index contributed by atoms with van der Waals surface area (Å²) in [5.74, 6) is 0.337. The Bertz CT molecular complexity index is 524. The molecule has 1 unspecified atom stereocenters. The minimum absolute atomic E-state index is 0.117. The van der Waals surface area contributed by atoms with Crippen LogP contribution in [0.2, 0.25) is 5.02 Å². The summed E-state index contributed by atoms with van der Waals surface area (Å²) in [5.41, 5.74) is 7.94. The standard InChI is InChI=1S/C13H13ClFNO/c1-8-4-5-17-13(8)12(16)7-9-2-3-11(15)10(14)6-9/h2-6,12H,7,16H2,1H3. The third-order valence-corrected chi connectivity index (χ3v) is 2.97. The van der Waals surface area contributed by atoms with E-state index in [1.54, 1.807) is 18.4 Å². The number of hydrogen-bond donors (Lipinski definition) is 1. The Kier molecular flexibility index (Phi) is 3.50. The molecular formula is C13H13ClFNO. The van der Waals surface area contributed by atoms with Gasteiger partial charge in [-0.2, -0.15) is 0 Å². The summed E-state index contributed by atoms with van der Waals surface area (Å²) in [5, 5.41) is 0.117. The van der Waals surface area contributed by atoms with E-state index in [9.17, 15) is 4.39 Å². The molecule has 1 atom stereocenters. The third-order valence-electron chi connectivity index (χ3n) is 2.68. The van der Waals surface area contributed by atoms with Crippen molar-refractivity contribution in [2.75, 3.05) is 0 Å². The maximum Gasteiger partial charge on any atom is 0.141 e. The van der Waals surface area contributed by atoms with Gasteiger partial charge in [0.15, 0.2) is 0 Å². The van der Waals surface area contributed by atoms with E-state index in [4.69, 9.17) is 21.8 Å². The molecule has 0 spiro atoms. The van der Waals surface area contributed by atoms with Gasteiger partial charge in [-0.25, -0.2) is 4.39 Å². The predicted molar refractivity (Wildman–Crippen MR) is 65.5 cm³/mol. The van der Waals surface area contributed by atoms with E-state index in [-0.39, 0.29) is 11.1 Å². The Morgan fingerprint density at radius 2 is 2.18 bits per heavy atom. The topological polar surface area (TPSA) is 39.2 Å². The first-order chi connectivity index (χ1) is 8.08. The maximum absolute atomic E-state index is 13.0. The number of nitrogens with two attached hydrogens (primary N) is 1. The molecule has 0 aliphatic heterocycles. The van der Waals surface area contributed by atoms with Gasteiger partial charge in [-0.05, 0) is 42.7 Å². The molecule has 1 aromatic carbocycles. The number of aryl methyl sites for hydroxylation is 1. The zero-order chi connectivity index (χ0) is 12.4. The molecule has 0 saturated heterocycles. The lowest BCUT2D eigenvalue weighted by Crippen LogP contribution is -2.13. The Morgan fingerprint density at radius 1 is 1.41 bits per heavy atom. The van der Waals surface area contributed by atoms with Gasteiger partial charge < -0.3 is 10.2 Å². The average Bonchev–Trinajstić information content (AvgIpc) is 2.70. The molecule has 1 heterocycles. The molecule has 0 aliphatic rings. The van der Waals surface area contributed by atoms with Crippen molar-refractivity contribution < 1.29 is 8.81 Å². The van der Waals surface area contributed by atoms with Gasteiger partial charge in [0, 0.05) is 0 Å². The fourth-order valence-corrected chi connectivity index (χ4v) is 1.98. The summed E-state index contributed by atoms with van der Waals surface area (Å²) in [6.07, 6.45) is 2.18. The van der Waals surface area contributed by atoms with E-state index in [1.165, 1.54) is 6.07 Å². The molecule has 2 N–H and O–H groups in total. The first kappa shape index (κ1) is 12.1. The summed E-state index contributed by atoms with van der Waals surface area (Å²) in [4.78, 5) is 0. The van der Waals surface area contributed by atoms with Crippen molar-refractivity contribution in [2.45, 2.75) is 19.4 Å². The summed E-state index contributed by atoms with van der Waals surface area (Å²) in [6.45, 7) is 1.94. The van der Waals surface area contributed by atoms with Crippen LogP contribution in [0.5, 0.6) is 0 Å². The maximum atomic E-state index is 13.0. The van der Waals surface area contributed by atoms with Crippen LogP contribution in [0.15, 0.2) is 34.9 Å². The van der Waals surface area contributed by atoms with Gasteiger partial charge in [0.05, 0.1) is 17.3 Å². The third kappa shape index (κ3) is 2.68. The second-order valence-corrected chi connectivity index (χ2v) is 4.43. The van der Waals surface area contributed by atoms with Gasteiger partial charge >= 0.3 is 0 Å². The smallest absolute Gasteiger partial charge is 0.141 e. The summed E-state index contributed by atoms with van der Waals surface area (Å²) >= 11 is 5.71. The first-order valence-corrected chi connectivity index (χ1v) is 5.69. The predicted octanol–water partition coefficient (Wildman–Crippen LogP) is 3.62. The molecule has 0 fully saturated rings. The average molecular weight is 254 g/mol. The number of benzene rings is 1. The Labute approximate surface area is 104 Å². The zero-order valence-corrected chi connectivity index (χ0v) is 10.2. The highest BCUT2D eigenvalue weighted by atomic mass is 35.5. The van der Waals surface area contributed by atoms with Gasteiger partial charge in [-0.1, -0.05) is 17.7 Å². The van der Waals surface area contributed by atoms with Crippen molar-refractivity contribution in [1.29, 1.82) is 0 Å². The number of rotatable bonds is 3. The lowest BCUT2D eigenvalue weighted by molar-refractivity contribution is 0.461. The quantitative estimate of drug-likeness (QED) is 0.907. The van der Waals surface area contributed by atoms with Crippen LogP contribution in [0.1, 0.15) is 22.9 Å². The van der Waals surface area contributed by atoms with Gasteiger partial charge in [0.1, 0.15) is 11.6 Å². The van der Waals surface area contributed by atoms with E-state index in [1.807, 2.05) is 13.0 Å². The largest absolute Gasteiger partial charge is 0.467 e. The minimum Gasteiger partial charge on any atom is -0.467 e. The Morgan fingerprint density at radius 3 is 2.76 bits per heavy atom. The summed E-state index contributed by atoms with van der Waals surface area (Å²) in [7, 11) is 0. The normalized spacial score (nSPS) is 12.7. The second-order valence-electron chi connectivity index (χ2n) is 4.03. The molecule has 2 nitrogen and oxygen atoms in total. The van der Waals surface area contributed by atoms with E-state index >= 15 is 0 Å². The van der Waals surface area contributed by atoms with Crippen molar-refractivity contribution in [3.63, 3.8) is 0 Å². The molecule has 0 amide bonds. The van der Waals surface area contributed by atoms with Crippen LogP contribution < -0.4 is 5.73 Å². The van der Waals surface area contributed by atoms with Gasteiger partial charge in [-0.15, -0.1) is 0 Å². The highest BCUT2D eigenvalue weighted by molar-refractivity contribution is 6.30. The molecule has 17 heavy (non-hydrogen) atoms. The molecule has 0 saturated carbocycles. The lowest BCUT2D eigenvalue weighted by atomic mass is 10.0. The highest BCUT2D eigenvalue weighted by Gasteiger charge is 2.13. The van der Waals surface area contributed by atoms with Gasteiger partial charge in [0.2, 0.25) is 0 Å². The van der Waals surface area contributed by atoms with Gasteiger partial charge in [-0.3, -0.25) is 0 Å². The minimum atomic E-state index is -0.418. The van der Waals surface area contributed by atoms with Crippen LogP contribution in [0, 0.1) is 12.7 Å². The van der Waals surface area contributed by atoms with E-state index in [0.717, 1.165) is 16.9 Å². The molecule has 2 rings (SSSR count).